The molecule has 3 rings (SSSR count). The minimum absolute atomic E-state index is 0. The molecule has 1 fully saturated rings. The third-order valence-corrected chi connectivity index (χ3v) is 4.82. The molecule has 1 atom stereocenters. The number of benzene rings is 1. The summed E-state index contributed by atoms with van der Waals surface area (Å²) in [5, 5.41) is 10.7. The van der Waals surface area contributed by atoms with Gasteiger partial charge in [0.15, 0.2) is 11.8 Å². The average Bonchev–Trinajstić information content (AvgIpc) is 3.38. The number of hydrogen-bond acceptors (Lipinski definition) is 6. The molecule has 0 saturated carbocycles. The van der Waals surface area contributed by atoms with Crippen LogP contribution in [0.5, 0.6) is 5.75 Å². The number of guanidine groups is 1. The lowest BCUT2D eigenvalue weighted by Gasteiger charge is -2.29. The Bertz CT molecular complexity index is 776. The SMILES string of the molecule is CCNC(=NCc1noc(C)n1)NCC(c1cccc(OC)c1)N1CCCC1.I. The largest absolute Gasteiger partial charge is 0.497 e. The topological polar surface area (TPSA) is 87.8 Å². The van der Waals surface area contributed by atoms with Crippen LogP contribution in [0.2, 0.25) is 0 Å². The van der Waals surface area contributed by atoms with Crippen molar-refractivity contribution in [2.45, 2.75) is 39.3 Å². The molecule has 2 N–H and O–H groups in total. The number of aryl methyl sites for hydroxylation is 1. The second-order valence-corrected chi connectivity index (χ2v) is 6.84. The van der Waals surface area contributed by atoms with Gasteiger partial charge in [-0.3, -0.25) is 4.90 Å². The summed E-state index contributed by atoms with van der Waals surface area (Å²) in [4.78, 5) is 11.3. The Morgan fingerprint density at radius 3 is 2.76 bits per heavy atom. The lowest BCUT2D eigenvalue weighted by atomic mass is 10.1. The molecule has 1 saturated heterocycles. The molecule has 0 aliphatic carbocycles. The quantitative estimate of drug-likeness (QED) is 0.318. The van der Waals surface area contributed by atoms with E-state index in [1.165, 1.54) is 18.4 Å². The van der Waals surface area contributed by atoms with Gasteiger partial charge in [0.05, 0.1) is 13.2 Å². The highest BCUT2D eigenvalue weighted by atomic mass is 127. The fraction of sp³-hybridized carbons (Fsp3) is 0.550. The van der Waals surface area contributed by atoms with Gasteiger partial charge in [-0.2, -0.15) is 4.98 Å². The normalized spacial score (nSPS) is 15.6. The summed E-state index contributed by atoms with van der Waals surface area (Å²) in [6.45, 7) is 7.96. The van der Waals surface area contributed by atoms with E-state index in [2.05, 4.69) is 55.8 Å². The number of aromatic nitrogens is 2. The van der Waals surface area contributed by atoms with Gasteiger partial charge in [0.1, 0.15) is 12.3 Å². The van der Waals surface area contributed by atoms with E-state index in [0.29, 0.717) is 18.3 Å². The number of likely N-dealkylation sites (tertiary alicyclic amines) is 1. The van der Waals surface area contributed by atoms with Crippen molar-refractivity contribution in [2.24, 2.45) is 4.99 Å². The molecule has 160 valence electrons. The van der Waals surface area contributed by atoms with Crippen LogP contribution < -0.4 is 15.4 Å². The maximum atomic E-state index is 5.42. The summed E-state index contributed by atoms with van der Waals surface area (Å²) < 4.78 is 10.4. The minimum atomic E-state index is 0. The zero-order valence-electron chi connectivity index (χ0n) is 17.4. The molecule has 29 heavy (non-hydrogen) atoms. The number of nitrogens with zero attached hydrogens (tertiary/aromatic N) is 4. The lowest BCUT2D eigenvalue weighted by molar-refractivity contribution is 0.245. The molecule has 1 unspecified atom stereocenters. The van der Waals surface area contributed by atoms with Gasteiger partial charge in [-0.25, -0.2) is 4.99 Å². The van der Waals surface area contributed by atoms with Crippen molar-refractivity contribution < 1.29 is 9.26 Å². The van der Waals surface area contributed by atoms with E-state index in [0.717, 1.165) is 37.9 Å². The molecule has 0 amide bonds. The average molecular weight is 514 g/mol. The Labute approximate surface area is 189 Å². The number of rotatable bonds is 8. The van der Waals surface area contributed by atoms with Gasteiger partial charge in [0.25, 0.3) is 0 Å². The highest BCUT2D eigenvalue weighted by molar-refractivity contribution is 14.0. The number of methoxy groups -OCH3 is 1. The first kappa shape index (κ1) is 23.4. The number of hydrogen-bond donors (Lipinski definition) is 2. The van der Waals surface area contributed by atoms with E-state index < -0.39 is 0 Å². The number of ether oxygens (including phenoxy) is 1. The highest BCUT2D eigenvalue weighted by Crippen LogP contribution is 2.27. The summed E-state index contributed by atoms with van der Waals surface area (Å²) in [6.07, 6.45) is 2.48. The Morgan fingerprint density at radius 2 is 2.10 bits per heavy atom. The van der Waals surface area contributed by atoms with E-state index in [1.54, 1.807) is 14.0 Å². The number of halogens is 1. The Balaban J connectivity index is 0.00000300. The molecule has 9 heteroatoms. The third kappa shape index (κ3) is 6.84. The number of nitrogens with one attached hydrogen (secondary N) is 2. The molecule has 1 aliphatic rings. The summed E-state index contributed by atoms with van der Waals surface area (Å²) in [7, 11) is 1.71. The number of aliphatic imine (C=N–C) groups is 1. The highest BCUT2D eigenvalue weighted by Gasteiger charge is 2.24. The zero-order chi connectivity index (χ0) is 19.8. The van der Waals surface area contributed by atoms with Gasteiger partial charge >= 0.3 is 0 Å². The van der Waals surface area contributed by atoms with Crippen LogP contribution in [0, 0.1) is 6.92 Å². The van der Waals surface area contributed by atoms with Crippen LogP contribution >= 0.6 is 24.0 Å². The molecule has 2 heterocycles. The van der Waals surface area contributed by atoms with E-state index >= 15 is 0 Å². The van der Waals surface area contributed by atoms with Crippen LogP contribution in [0.3, 0.4) is 0 Å². The van der Waals surface area contributed by atoms with Gasteiger partial charge in [-0.1, -0.05) is 17.3 Å². The smallest absolute Gasteiger partial charge is 0.223 e. The Hall–Kier alpha value is -1.88. The van der Waals surface area contributed by atoms with Gasteiger partial charge in [0.2, 0.25) is 5.89 Å². The fourth-order valence-corrected chi connectivity index (χ4v) is 3.45. The van der Waals surface area contributed by atoms with E-state index in [-0.39, 0.29) is 30.0 Å². The summed E-state index contributed by atoms with van der Waals surface area (Å²) in [5.74, 6) is 2.76. The molecule has 1 aliphatic heterocycles. The monoisotopic (exact) mass is 514 g/mol. The van der Waals surface area contributed by atoms with Gasteiger partial charge in [-0.05, 0) is 50.6 Å². The predicted octanol–water partition coefficient (Wildman–Crippen LogP) is 2.90. The van der Waals surface area contributed by atoms with Gasteiger partial charge < -0.3 is 19.9 Å². The van der Waals surface area contributed by atoms with E-state index in [4.69, 9.17) is 9.26 Å². The molecule has 8 nitrogen and oxygen atoms in total. The summed E-state index contributed by atoms with van der Waals surface area (Å²) in [5.41, 5.74) is 1.25. The van der Waals surface area contributed by atoms with Crippen molar-refractivity contribution in [1.29, 1.82) is 0 Å². The van der Waals surface area contributed by atoms with Crippen molar-refractivity contribution in [1.82, 2.24) is 25.7 Å². The fourth-order valence-electron chi connectivity index (χ4n) is 3.45. The third-order valence-electron chi connectivity index (χ3n) is 4.82. The van der Waals surface area contributed by atoms with E-state index in [9.17, 15) is 0 Å². The first-order valence-electron chi connectivity index (χ1n) is 9.89. The molecule has 0 bridgehead atoms. The zero-order valence-corrected chi connectivity index (χ0v) is 19.7. The van der Waals surface area contributed by atoms with Crippen LogP contribution in [0.25, 0.3) is 0 Å². The lowest BCUT2D eigenvalue weighted by Crippen LogP contribution is -2.42. The summed E-state index contributed by atoms with van der Waals surface area (Å²) in [6, 6.07) is 8.58. The second-order valence-electron chi connectivity index (χ2n) is 6.84. The predicted molar refractivity (Wildman–Crippen MR) is 124 cm³/mol. The van der Waals surface area contributed by atoms with Crippen molar-refractivity contribution in [3.8, 4) is 5.75 Å². The van der Waals surface area contributed by atoms with Crippen LogP contribution in [0.1, 0.15) is 43.1 Å². The van der Waals surface area contributed by atoms with Gasteiger partial charge in [-0.15, -0.1) is 24.0 Å². The summed E-state index contributed by atoms with van der Waals surface area (Å²) >= 11 is 0. The Kier molecular flexibility index (Phi) is 9.65. The van der Waals surface area contributed by atoms with Crippen LogP contribution in [-0.4, -0.2) is 54.3 Å². The second kappa shape index (κ2) is 12.0. The molecule has 0 spiro atoms. The van der Waals surface area contributed by atoms with Crippen molar-refractivity contribution in [3.05, 3.63) is 41.5 Å². The van der Waals surface area contributed by atoms with Crippen LogP contribution in [0.15, 0.2) is 33.8 Å². The van der Waals surface area contributed by atoms with Crippen molar-refractivity contribution >= 4 is 29.9 Å². The molecule has 2 aromatic rings. The van der Waals surface area contributed by atoms with Crippen LogP contribution in [-0.2, 0) is 6.54 Å². The molecular formula is C20H31IN6O2. The van der Waals surface area contributed by atoms with Crippen molar-refractivity contribution in [2.75, 3.05) is 33.3 Å². The van der Waals surface area contributed by atoms with Crippen LogP contribution in [0.4, 0.5) is 0 Å². The molecule has 1 aromatic heterocycles. The van der Waals surface area contributed by atoms with E-state index in [1.807, 2.05) is 6.07 Å². The van der Waals surface area contributed by atoms with Gasteiger partial charge in [0, 0.05) is 20.0 Å². The standard InChI is InChI=1S/C20H30N6O2.HI/c1-4-21-20(23-14-19-24-15(2)28-25-19)22-13-18(26-10-5-6-11-26)16-8-7-9-17(12-16)27-3;/h7-9,12,18H,4-6,10-11,13-14H2,1-3H3,(H2,21,22,23);1H. The molecule has 0 radical (unpaired) electrons. The maximum Gasteiger partial charge on any atom is 0.223 e. The maximum absolute atomic E-state index is 5.42. The minimum Gasteiger partial charge on any atom is -0.497 e. The van der Waals surface area contributed by atoms with Crippen molar-refractivity contribution in [3.63, 3.8) is 0 Å². The molecule has 1 aromatic carbocycles. The first-order valence-corrected chi connectivity index (χ1v) is 9.89. The Morgan fingerprint density at radius 1 is 1.31 bits per heavy atom. The first-order chi connectivity index (χ1) is 13.7. The molecular weight excluding hydrogens is 483 g/mol.